The fourth-order valence-corrected chi connectivity index (χ4v) is 7.69. The number of ether oxygens (including phenoxy) is 1. The Bertz CT molecular complexity index is 1440. The van der Waals surface area contributed by atoms with Crippen molar-refractivity contribution in [1.29, 1.82) is 0 Å². The van der Waals surface area contributed by atoms with E-state index in [1.54, 1.807) is 25.3 Å². The normalized spacial score (nSPS) is 23.0. The minimum absolute atomic E-state index is 0.0662. The van der Waals surface area contributed by atoms with E-state index in [4.69, 9.17) is 16.3 Å². The second-order valence-electron chi connectivity index (χ2n) is 14.0. The second kappa shape index (κ2) is 13.8. The number of hydrogen-bond donors (Lipinski definition) is 1. The van der Waals surface area contributed by atoms with E-state index in [1.807, 2.05) is 30.3 Å². The Morgan fingerprint density at radius 2 is 1.67 bits per heavy atom. The number of halogens is 2. The van der Waals surface area contributed by atoms with E-state index in [-0.39, 0.29) is 17.2 Å². The van der Waals surface area contributed by atoms with Crippen LogP contribution < -0.4 is 10.1 Å². The number of anilines is 2. The molecule has 3 nitrogen and oxygen atoms in total. The highest BCUT2D eigenvalue weighted by atomic mass is 35.5. The molecule has 3 aromatic carbocycles. The van der Waals surface area contributed by atoms with Gasteiger partial charge in [-0.1, -0.05) is 50.6 Å². The fraction of sp³-hybridized carbons (Fsp3) is 0.500. The molecule has 43 heavy (non-hydrogen) atoms. The standard InChI is InChI=1S/C38H47ClFNO2/c1-38(2,3)30-17-15-27(16-18-30)26-13-11-25(12-14-26)7-5-9-32(42)21-29-22-33-28(23-37(29)43-4)8-6-10-36(33)41-31-19-20-35(40)34(39)24-31/h5-6,8-10,19-20,22-27,30,41H,7,11-18,21H2,1-4H3/b9-5+. The first kappa shape index (κ1) is 31.6. The molecule has 0 heterocycles. The summed E-state index contributed by atoms with van der Waals surface area (Å²) in [4.78, 5) is 13.1. The summed E-state index contributed by atoms with van der Waals surface area (Å²) in [5.41, 5.74) is 2.84. The van der Waals surface area contributed by atoms with Crippen molar-refractivity contribution in [3.8, 4) is 5.75 Å². The Kier molecular flexibility index (Phi) is 10.2. The van der Waals surface area contributed by atoms with Crippen LogP contribution in [0.5, 0.6) is 5.75 Å². The molecule has 0 aliphatic heterocycles. The molecule has 2 fully saturated rings. The molecule has 5 heteroatoms. The van der Waals surface area contributed by atoms with Crippen LogP contribution in [0.25, 0.3) is 10.8 Å². The van der Waals surface area contributed by atoms with Gasteiger partial charge in [0.05, 0.1) is 12.1 Å². The summed E-state index contributed by atoms with van der Waals surface area (Å²) in [6.07, 6.45) is 16.1. The first-order chi connectivity index (χ1) is 20.6. The Hall–Kier alpha value is -2.85. The van der Waals surface area contributed by atoms with Crippen molar-refractivity contribution >= 4 is 39.5 Å². The van der Waals surface area contributed by atoms with E-state index < -0.39 is 5.82 Å². The number of nitrogens with one attached hydrogen (secondary N) is 1. The van der Waals surface area contributed by atoms with Crippen molar-refractivity contribution in [2.45, 2.75) is 85.0 Å². The van der Waals surface area contributed by atoms with Crippen LogP contribution in [0.4, 0.5) is 15.8 Å². The summed E-state index contributed by atoms with van der Waals surface area (Å²) in [5.74, 6) is 3.74. The fourth-order valence-electron chi connectivity index (χ4n) is 7.51. The van der Waals surface area contributed by atoms with Gasteiger partial charge in [0, 0.05) is 28.7 Å². The van der Waals surface area contributed by atoms with Gasteiger partial charge in [-0.3, -0.25) is 4.79 Å². The van der Waals surface area contributed by atoms with Crippen molar-refractivity contribution in [2.75, 3.05) is 12.4 Å². The van der Waals surface area contributed by atoms with Gasteiger partial charge in [0.25, 0.3) is 0 Å². The third kappa shape index (κ3) is 8.01. The van der Waals surface area contributed by atoms with E-state index in [0.717, 1.165) is 46.2 Å². The van der Waals surface area contributed by atoms with Gasteiger partial charge in [0.2, 0.25) is 0 Å². The van der Waals surface area contributed by atoms with Crippen molar-refractivity contribution in [3.63, 3.8) is 0 Å². The number of carbonyl (C=O) groups is 1. The molecule has 0 spiro atoms. The third-order valence-corrected chi connectivity index (χ3v) is 10.5. The van der Waals surface area contributed by atoms with Crippen LogP contribution in [0.2, 0.25) is 5.02 Å². The lowest BCUT2D eigenvalue weighted by molar-refractivity contribution is -0.114. The smallest absolute Gasteiger partial charge is 0.159 e. The molecule has 0 unspecified atom stereocenters. The Labute approximate surface area is 262 Å². The van der Waals surface area contributed by atoms with Crippen LogP contribution >= 0.6 is 11.6 Å². The molecule has 0 atom stereocenters. The van der Waals surface area contributed by atoms with Gasteiger partial charge in [0.1, 0.15) is 11.6 Å². The van der Waals surface area contributed by atoms with Crippen LogP contribution in [0, 0.1) is 34.9 Å². The highest BCUT2D eigenvalue weighted by Crippen LogP contribution is 2.46. The summed E-state index contributed by atoms with van der Waals surface area (Å²) in [6.45, 7) is 7.21. The van der Waals surface area contributed by atoms with E-state index in [0.29, 0.717) is 22.8 Å². The van der Waals surface area contributed by atoms with E-state index >= 15 is 0 Å². The molecular formula is C38H47ClFNO2. The molecular weight excluding hydrogens is 557 g/mol. The maximum Gasteiger partial charge on any atom is 0.159 e. The maximum absolute atomic E-state index is 13.7. The van der Waals surface area contributed by atoms with Gasteiger partial charge >= 0.3 is 0 Å². The molecule has 0 amide bonds. The van der Waals surface area contributed by atoms with E-state index in [1.165, 1.54) is 57.4 Å². The van der Waals surface area contributed by atoms with Crippen LogP contribution in [0.1, 0.15) is 84.1 Å². The number of fused-ring (bicyclic) bond motifs is 1. The monoisotopic (exact) mass is 603 g/mol. The highest BCUT2D eigenvalue weighted by molar-refractivity contribution is 6.31. The molecule has 2 aliphatic rings. The lowest BCUT2D eigenvalue weighted by Gasteiger charge is -2.41. The van der Waals surface area contributed by atoms with Gasteiger partial charge in [-0.25, -0.2) is 4.39 Å². The molecule has 0 radical (unpaired) electrons. The zero-order valence-corrected chi connectivity index (χ0v) is 27.0. The molecule has 2 aliphatic carbocycles. The lowest BCUT2D eigenvalue weighted by atomic mass is 9.64. The topological polar surface area (TPSA) is 38.3 Å². The number of allylic oxidation sites excluding steroid dienone is 2. The van der Waals surface area contributed by atoms with Crippen molar-refractivity contribution in [3.05, 3.63) is 77.1 Å². The predicted octanol–water partition coefficient (Wildman–Crippen LogP) is 11.1. The Morgan fingerprint density at radius 1 is 0.977 bits per heavy atom. The summed E-state index contributed by atoms with van der Waals surface area (Å²) in [7, 11) is 1.64. The van der Waals surface area contributed by atoms with E-state index in [9.17, 15) is 9.18 Å². The summed E-state index contributed by atoms with van der Waals surface area (Å²) in [6, 6.07) is 14.5. The minimum Gasteiger partial charge on any atom is -0.496 e. The first-order valence-corrected chi connectivity index (χ1v) is 16.5. The van der Waals surface area contributed by atoms with Gasteiger partial charge in [-0.2, -0.15) is 0 Å². The minimum atomic E-state index is -0.454. The molecule has 0 saturated heterocycles. The van der Waals surface area contributed by atoms with Gasteiger partial charge in [-0.15, -0.1) is 0 Å². The Morgan fingerprint density at radius 3 is 2.33 bits per heavy atom. The lowest BCUT2D eigenvalue weighted by Crippen LogP contribution is -2.30. The van der Waals surface area contributed by atoms with Crippen LogP contribution in [-0.4, -0.2) is 12.9 Å². The first-order valence-electron chi connectivity index (χ1n) is 16.1. The number of carbonyl (C=O) groups excluding carboxylic acids is 1. The molecule has 0 bridgehead atoms. The molecule has 0 aromatic heterocycles. The number of ketones is 1. The maximum atomic E-state index is 13.7. The quantitative estimate of drug-likeness (QED) is 0.247. The summed E-state index contributed by atoms with van der Waals surface area (Å²) in [5, 5.41) is 5.35. The summed E-state index contributed by atoms with van der Waals surface area (Å²) >= 11 is 5.99. The average molecular weight is 604 g/mol. The molecule has 5 rings (SSSR count). The average Bonchev–Trinajstić information content (AvgIpc) is 2.99. The largest absolute Gasteiger partial charge is 0.496 e. The van der Waals surface area contributed by atoms with Gasteiger partial charge in [0.15, 0.2) is 5.78 Å². The molecule has 2 saturated carbocycles. The van der Waals surface area contributed by atoms with Crippen LogP contribution in [-0.2, 0) is 11.2 Å². The number of rotatable bonds is 9. The van der Waals surface area contributed by atoms with Crippen molar-refractivity contribution in [2.24, 2.45) is 29.1 Å². The number of methoxy groups -OCH3 is 1. The second-order valence-corrected chi connectivity index (χ2v) is 14.4. The van der Waals surface area contributed by atoms with Gasteiger partial charge < -0.3 is 10.1 Å². The third-order valence-electron chi connectivity index (χ3n) is 10.2. The number of benzene rings is 3. The van der Waals surface area contributed by atoms with Crippen molar-refractivity contribution < 1.29 is 13.9 Å². The molecule has 1 N–H and O–H groups in total. The van der Waals surface area contributed by atoms with Crippen LogP contribution in [0.15, 0.2) is 60.7 Å². The highest BCUT2D eigenvalue weighted by Gasteiger charge is 2.34. The molecule has 3 aromatic rings. The number of hydrogen-bond acceptors (Lipinski definition) is 3. The molecule has 230 valence electrons. The zero-order chi connectivity index (χ0) is 30.6. The van der Waals surface area contributed by atoms with E-state index in [2.05, 4.69) is 32.2 Å². The predicted molar refractivity (Wildman–Crippen MR) is 178 cm³/mol. The SMILES string of the molecule is COc1cc2cccc(Nc3ccc(F)c(Cl)c3)c2cc1CC(=O)/C=C/CC1CCC(C2CCC(C(C)(C)C)CC2)CC1. The van der Waals surface area contributed by atoms with Crippen molar-refractivity contribution in [1.82, 2.24) is 0 Å². The van der Waals surface area contributed by atoms with Crippen LogP contribution in [0.3, 0.4) is 0 Å². The van der Waals surface area contributed by atoms with Gasteiger partial charge in [-0.05, 0) is 135 Å². The Balaban J connectivity index is 1.16. The zero-order valence-electron chi connectivity index (χ0n) is 26.2. The summed E-state index contributed by atoms with van der Waals surface area (Å²) < 4.78 is 19.3.